The molecule has 0 heterocycles. The average Bonchev–Trinajstić information content (AvgIpc) is 3.40. The fourth-order valence-corrected chi connectivity index (χ4v) is 9.47. The first-order valence-electron chi connectivity index (χ1n) is 32.3. The third kappa shape index (κ3) is 60.0. The van der Waals surface area contributed by atoms with E-state index in [-0.39, 0.29) is 31.1 Å². The number of allylic oxidation sites excluding steroid dienone is 10. The minimum absolute atomic E-state index is 0.0841. The molecular weight excluding hydrogens is 913 g/mol. The standard InChI is InChI=1S/C68H122O6/c1-4-7-10-13-16-19-21-23-25-27-29-30-31-32-33-34-35-36-37-38-40-41-43-45-47-49-52-55-58-61-67(70)73-64-65(63-72-66(69)60-57-54-51-18-15-12-9-6-3)74-68(71)62-59-56-53-50-48-46-44-42-39-28-26-24-22-20-17-14-11-8-5-2/h8,11,17,20,24,26,39,42,46,48,65H,4-7,9-10,12-16,18-19,21-23,25,27-38,40-41,43-45,47,49-64H2,1-3H3/b11-8-,20-17-,26-24-,42-39-,48-46-. The Labute approximate surface area is 460 Å². The molecule has 0 fully saturated rings. The molecular formula is C68H122O6. The van der Waals surface area contributed by atoms with Gasteiger partial charge in [0.15, 0.2) is 6.10 Å². The van der Waals surface area contributed by atoms with Crippen LogP contribution in [0.1, 0.15) is 335 Å². The van der Waals surface area contributed by atoms with Gasteiger partial charge in [-0.25, -0.2) is 0 Å². The Morgan fingerprint density at radius 1 is 0.284 bits per heavy atom. The van der Waals surface area contributed by atoms with Crippen molar-refractivity contribution in [3.05, 3.63) is 60.8 Å². The quantitative estimate of drug-likeness (QED) is 0.0261. The summed E-state index contributed by atoms with van der Waals surface area (Å²) < 4.78 is 16.8. The Hall–Kier alpha value is -2.89. The Morgan fingerprint density at radius 3 is 0.824 bits per heavy atom. The zero-order chi connectivity index (χ0) is 53.6. The third-order valence-corrected chi connectivity index (χ3v) is 14.3. The second-order valence-electron chi connectivity index (χ2n) is 21.7. The molecule has 1 atom stereocenters. The Balaban J connectivity index is 4.11. The largest absolute Gasteiger partial charge is 0.462 e. The molecule has 0 N–H and O–H groups in total. The van der Waals surface area contributed by atoms with Gasteiger partial charge in [-0.2, -0.15) is 0 Å². The molecule has 0 aliphatic rings. The highest BCUT2D eigenvalue weighted by Crippen LogP contribution is 2.18. The Morgan fingerprint density at radius 2 is 0.527 bits per heavy atom. The van der Waals surface area contributed by atoms with Crippen LogP contribution in [0.2, 0.25) is 0 Å². The van der Waals surface area contributed by atoms with E-state index in [0.29, 0.717) is 19.3 Å². The molecule has 0 saturated heterocycles. The molecule has 6 heteroatoms. The molecule has 0 rings (SSSR count). The maximum Gasteiger partial charge on any atom is 0.306 e. The molecule has 0 amide bonds. The number of hydrogen-bond acceptors (Lipinski definition) is 6. The van der Waals surface area contributed by atoms with Crippen molar-refractivity contribution in [2.24, 2.45) is 0 Å². The van der Waals surface area contributed by atoms with Crippen molar-refractivity contribution in [3.63, 3.8) is 0 Å². The number of rotatable bonds is 59. The SMILES string of the molecule is CC/C=C\C/C=C\C/C=C\C/C=C\C/C=C\CCCCCC(=O)OC(COC(=O)CCCCCCCCCC)COC(=O)CCCCCCCCCCCCCCCCCCCCCCCCCCCCCCC. The predicted octanol–water partition coefficient (Wildman–Crippen LogP) is 21.9. The first-order chi connectivity index (χ1) is 36.5. The van der Waals surface area contributed by atoms with Gasteiger partial charge in [0.05, 0.1) is 0 Å². The van der Waals surface area contributed by atoms with Crippen molar-refractivity contribution in [3.8, 4) is 0 Å². The van der Waals surface area contributed by atoms with Gasteiger partial charge >= 0.3 is 17.9 Å². The summed E-state index contributed by atoms with van der Waals surface area (Å²) in [5.74, 6) is -0.906. The highest BCUT2D eigenvalue weighted by atomic mass is 16.6. The molecule has 0 aliphatic heterocycles. The lowest BCUT2D eigenvalue weighted by Crippen LogP contribution is -2.30. The number of unbranched alkanes of at least 4 members (excludes halogenated alkanes) is 38. The normalized spacial score (nSPS) is 12.4. The van der Waals surface area contributed by atoms with Gasteiger partial charge in [-0.15, -0.1) is 0 Å². The molecule has 74 heavy (non-hydrogen) atoms. The molecule has 0 aromatic rings. The van der Waals surface area contributed by atoms with E-state index in [4.69, 9.17) is 14.2 Å². The monoisotopic (exact) mass is 1030 g/mol. The molecule has 1 unspecified atom stereocenters. The van der Waals surface area contributed by atoms with Gasteiger partial charge in [0, 0.05) is 19.3 Å². The van der Waals surface area contributed by atoms with Gasteiger partial charge in [0.2, 0.25) is 0 Å². The molecule has 0 aliphatic carbocycles. The van der Waals surface area contributed by atoms with Crippen molar-refractivity contribution in [1.82, 2.24) is 0 Å². The molecule has 0 spiro atoms. The summed E-state index contributed by atoms with van der Waals surface area (Å²) in [5.41, 5.74) is 0. The molecule has 0 saturated carbocycles. The van der Waals surface area contributed by atoms with Gasteiger partial charge in [0.25, 0.3) is 0 Å². The van der Waals surface area contributed by atoms with E-state index in [1.807, 2.05) is 0 Å². The molecule has 0 radical (unpaired) electrons. The minimum Gasteiger partial charge on any atom is -0.462 e. The van der Waals surface area contributed by atoms with E-state index in [2.05, 4.69) is 81.5 Å². The maximum atomic E-state index is 12.8. The van der Waals surface area contributed by atoms with E-state index in [9.17, 15) is 14.4 Å². The van der Waals surface area contributed by atoms with E-state index in [1.165, 1.54) is 199 Å². The van der Waals surface area contributed by atoms with Crippen LogP contribution in [0.25, 0.3) is 0 Å². The van der Waals surface area contributed by atoms with Crippen molar-refractivity contribution in [2.45, 2.75) is 341 Å². The summed E-state index contributed by atoms with van der Waals surface area (Å²) in [6.07, 6.45) is 79.8. The molecule has 6 nitrogen and oxygen atoms in total. The molecule has 430 valence electrons. The van der Waals surface area contributed by atoms with Crippen LogP contribution in [0.5, 0.6) is 0 Å². The summed E-state index contributed by atoms with van der Waals surface area (Å²) in [6.45, 7) is 6.51. The van der Waals surface area contributed by atoms with Crippen LogP contribution in [0, 0.1) is 0 Å². The number of carbonyl (C=O) groups excluding carboxylic acids is 3. The van der Waals surface area contributed by atoms with Gasteiger partial charge in [-0.05, 0) is 64.2 Å². The highest BCUT2D eigenvalue weighted by Gasteiger charge is 2.19. The number of ether oxygens (including phenoxy) is 3. The van der Waals surface area contributed by atoms with Crippen molar-refractivity contribution >= 4 is 17.9 Å². The number of hydrogen-bond donors (Lipinski definition) is 0. The second kappa shape index (κ2) is 62.6. The number of carbonyl (C=O) groups is 3. The van der Waals surface area contributed by atoms with Crippen LogP contribution in [0.15, 0.2) is 60.8 Å². The average molecular weight is 1040 g/mol. The topological polar surface area (TPSA) is 78.9 Å². The summed E-state index contributed by atoms with van der Waals surface area (Å²) >= 11 is 0. The van der Waals surface area contributed by atoms with Crippen LogP contribution in [0.4, 0.5) is 0 Å². The van der Waals surface area contributed by atoms with E-state index in [1.54, 1.807) is 0 Å². The van der Waals surface area contributed by atoms with Crippen LogP contribution >= 0.6 is 0 Å². The maximum absolute atomic E-state index is 12.8. The molecule has 0 aromatic heterocycles. The van der Waals surface area contributed by atoms with Crippen molar-refractivity contribution in [1.29, 1.82) is 0 Å². The van der Waals surface area contributed by atoms with Crippen LogP contribution in [-0.2, 0) is 28.6 Å². The van der Waals surface area contributed by atoms with Gasteiger partial charge < -0.3 is 14.2 Å². The van der Waals surface area contributed by atoms with Crippen LogP contribution in [0.3, 0.4) is 0 Å². The first-order valence-corrected chi connectivity index (χ1v) is 32.3. The lowest BCUT2D eigenvalue weighted by Gasteiger charge is -2.18. The fourth-order valence-electron chi connectivity index (χ4n) is 9.47. The molecule has 0 aromatic carbocycles. The first kappa shape index (κ1) is 71.1. The van der Waals surface area contributed by atoms with Crippen molar-refractivity contribution < 1.29 is 28.6 Å². The van der Waals surface area contributed by atoms with Crippen LogP contribution < -0.4 is 0 Å². The Bertz CT molecular complexity index is 1330. The summed E-state index contributed by atoms with van der Waals surface area (Å²) in [5, 5.41) is 0. The van der Waals surface area contributed by atoms with Gasteiger partial charge in [-0.3, -0.25) is 14.4 Å². The highest BCUT2D eigenvalue weighted by molar-refractivity contribution is 5.71. The summed E-state index contributed by atoms with van der Waals surface area (Å²) in [6, 6.07) is 0. The molecule has 0 bridgehead atoms. The van der Waals surface area contributed by atoms with E-state index in [0.717, 1.165) is 96.3 Å². The zero-order valence-electron chi connectivity index (χ0n) is 49.4. The minimum atomic E-state index is -0.788. The second-order valence-corrected chi connectivity index (χ2v) is 21.7. The van der Waals surface area contributed by atoms with Crippen molar-refractivity contribution in [2.75, 3.05) is 13.2 Å². The fraction of sp³-hybridized carbons (Fsp3) is 0.809. The zero-order valence-corrected chi connectivity index (χ0v) is 49.4. The summed E-state index contributed by atoms with van der Waals surface area (Å²) in [7, 11) is 0. The summed E-state index contributed by atoms with van der Waals surface area (Å²) in [4.78, 5) is 38.1. The van der Waals surface area contributed by atoms with E-state index < -0.39 is 6.10 Å². The number of esters is 3. The lowest BCUT2D eigenvalue weighted by molar-refractivity contribution is -0.167. The lowest BCUT2D eigenvalue weighted by atomic mass is 10.0. The predicted molar refractivity (Wildman–Crippen MR) is 321 cm³/mol. The van der Waals surface area contributed by atoms with Crippen LogP contribution in [-0.4, -0.2) is 37.2 Å². The third-order valence-electron chi connectivity index (χ3n) is 14.3. The van der Waals surface area contributed by atoms with Gasteiger partial charge in [-0.1, -0.05) is 313 Å². The Kier molecular flexibility index (Phi) is 60.2. The van der Waals surface area contributed by atoms with E-state index >= 15 is 0 Å². The van der Waals surface area contributed by atoms with Gasteiger partial charge in [0.1, 0.15) is 13.2 Å². The smallest absolute Gasteiger partial charge is 0.306 e.